The van der Waals surface area contributed by atoms with Gasteiger partial charge in [-0.2, -0.15) is 13.2 Å². The summed E-state index contributed by atoms with van der Waals surface area (Å²) >= 11 is 5.72. The summed E-state index contributed by atoms with van der Waals surface area (Å²) in [6.07, 6.45) is -4.99. The highest BCUT2D eigenvalue weighted by molar-refractivity contribution is 6.31. The molecule has 1 aromatic carbocycles. The molecular formula is C11H11ClF3NO2. The van der Waals surface area contributed by atoms with Crippen molar-refractivity contribution in [1.82, 2.24) is 0 Å². The van der Waals surface area contributed by atoms with E-state index in [9.17, 15) is 18.0 Å². The fraction of sp³-hybridized carbons (Fsp3) is 0.364. The van der Waals surface area contributed by atoms with Crippen LogP contribution in [0, 0.1) is 0 Å². The van der Waals surface area contributed by atoms with Gasteiger partial charge in [-0.05, 0) is 24.1 Å². The van der Waals surface area contributed by atoms with E-state index in [1.54, 1.807) is 0 Å². The average Bonchev–Trinajstić information content (AvgIpc) is 2.24. The lowest BCUT2D eigenvalue weighted by molar-refractivity contribution is -0.138. The number of carboxylic acid groups (broad SMARTS) is 1. The molecule has 0 fully saturated rings. The molecule has 1 rings (SSSR count). The molecule has 0 spiro atoms. The first-order valence-electron chi connectivity index (χ1n) is 5.06. The maximum atomic E-state index is 12.8. The lowest BCUT2D eigenvalue weighted by atomic mass is 9.97. The highest BCUT2D eigenvalue weighted by atomic mass is 35.5. The van der Waals surface area contributed by atoms with Gasteiger partial charge in [-0.3, -0.25) is 4.79 Å². The number of halogens is 4. The maximum Gasteiger partial charge on any atom is 0.416 e. The molecule has 18 heavy (non-hydrogen) atoms. The molecule has 0 aliphatic heterocycles. The number of carboxylic acids is 1. The lowest BCUT2D eigenvalue weighted by Gasteiger charge is -2.19. The molecule has 0 bridgehead atoms. The van der Waals surface area contributed by atoms with Gasteiger partial charge in [-0.1, -0.05) is 17.7 Å². The molecule has 0 saturated heterocycles. The highest BCUT2D eigenvalue weighted by Gasteiger charge is 2.35. The second-order valence-corrected chi connectivity index (χ2v) is 4.14. The first kappa shape index (κ1) is 14.8. The Hall–Kier alpha value is -1.27. The van der Waals surface area contributed by atoms with E-state index in [0.29, 0.717) is 0 Å². The van der Waals surface area contributed by atoms with E-state index in [-0.39, 0.29) is 23.4 Å². The zero-order chi connectivity index (χ0) is 13.9. The van der Waals surface area contributed by atoms with Crippen LogP contribution >= 0.6 is 11.6 Å². The molecular weight excluding hydrogens is 271 g/mol. The number of aliphatic carboxylic acids is 1. The number of rotatable bonds is 4. The highest BCUT2D eigenvalue weighted by Crippen LogP contribution is 2.38. The minimum atomic E-state index is -4.57. The molecule has 1 atom stereocenters. The predicted octanol–water partition coefficient (Wildman–Crippen LogP) is 3.22. The van der Waals surface area contributed by atoms with Crippen molar-refractivity contribution in [3.63, 3.8) is 0 Å². The van der Waals surface area contributed by atoms with E-state index < -0.39 is 23.8 Å². The molecule has 1 aromatic rings. The summed E-state index contributed by atoms with van der Waals surface area (Å²) in [4.78, 5) is 10.4. The van der Waals surface area contributed by atoms with Gasteiger partial charge >= 0.3 is 12.1 Å². The topological polar surface area (TPSA) is 63.3 Å². The van der Waals surface area contributed by atoms with Crippen molar-refractivity contribution in [2.24, 2.45) is 5.73 Å². The van der Waals surface area contributed by atoms with Crippen LogP contribution in [0.1, 0.15) is 30.0 Å². The minimum Gasteiger partial charge on any atom is -0.481 e. The van der Waals surface area contributed by atoms with Crippen molar-refractivity contribution >= 4 is 17.6 Å². The first-order valence-corrected chi connectivity index (χ1v) is 5.44. The first-order chi connectivity index (χ1) is 8.23. The molecule has 1 unspecified atom stereocenters. The SMILES string of the molecule is NC(CCC(=O)O)c1c(Cl)cccc1C(F)(F)F. The van der Waals surface area contributed by atoms with Gasteiger partial charge in [0.05, 0.1) is 5.56 Å². The molecule has 0 heterocycles. The van der Waals surface area contributed by atoms with Gasteiger partial charge in [0.1, 0.15) is 0 Å². The Labute approximate surface area is 106 Å². The summed E-state index contributed by atoms with van der Waals surface area (Å²) in [5, 5.41) is 8.39. The van der Waals surface area contributed by atoms with Crippen LogP contribution in [0.15, 0.2) is 18.2 Å². The van der Waals surface area contributed by atoms with Crippen molar-refractivity contribution in [2.75, 3.05) is 0 Å². The molecule has 0 aliphatic rings. The largest absolute Gasteiger partial charge is 0.481 e. The second-order valence-electron chi connectivity index (χ2n) is 3.74. The summed E-state index contributed by atoms with van der Waals surface area (Å²) in [6.45, 7) is 0. The Morgan fingerprint density at radius 2 is 2.06 bits per heavy atom. The summed E-state index contributed by atoms with van der Waals surface area (Å²) in [6, 6.07) is 2.29. The van der Waals surface area contributed by atoms with Crippen molar-refractivity contribution in [2.45, 2.75) is 25.1 Å². The van der Waals surface area contributed by atoms with Crippen LogP contribution in [0.2, 0.25) is 5.02 Å². The van der Waals surface area contributed by atoms with E-state index in [0.717, 1.165) is 6.07 Å². The third-order valence-electron chi connectivity index (χ3n) is 2.40. The number of nitrogens with two attached hydrogens (primary N) is 1. The Morgan fingerprint density at radius 1 is 1.44 bits per heavy atom. The van der Waals surface area contributed by atoms with Gasteiger partial charge in [0.15, 0.2) is 0 Å². The van der Waals surface area contributed by atoms with Crippen LogP contribution in [0.5, 0.6) is 0 Å². The summed E-state index contributed by atoms with van der Waals surface area (Å²) < 4.78 is 38.3. The molecule has 0 radical (unpaired) electrons. The normalized spacial score (nSPS) is 13.4. The zero-order valence-electron chi connectivity index (χ0n) is 9.17. The smallest absolute Gasteiger partial charge is 0.416 e. The molecule has 0 amide bonds. The molecule has 0 aromatic heterocycles. The van der Waals surface area contributed by atoms with Gasteiger partial charge in [0.2, 0.25) is 0 Å². The average molecular weight is 282 g/mol. The molecule has 0 aliphatic carbocycles. The Kier molecular flexibility index (Phi) is 4.59. The Morgan fingerprint density at radius 3 is 2.56 bits per heavy atom. The zero-order valence-corrected chi connectivity index (χ0v) is 9.92. The molecule has 3 N–H and O–H groups in total. The van der Waals surface area contributed by atoms with Gasteiger partial charge < -0.3 is 10.8 Å². The minimum absolute atomic E-state index is 0.109. The maximum absolute atomic E-state index is 12.8. The third kappa shape index (κ3) is 3.61. The van der Waals surface area contributed by atoms with Crippen LogP contribution in [-0.2, 0) is 11.0 Å². The van der Waals surface area contributed by atoms with Crippen molar-refractivity contribution < 1.29 is 23.1 Å². The van der Waals surface area contributed by atoms with Crippen LogP contribution in [0.4, 0.5) is 13.2 Å². The molecule has 0 saturated carbocycles. The number of hydrogen-bond donors (Lipinski definition) is 2. The van der Waals surface area contributed by atoms with Gasteiger partial charge in [-0.25, -0.2) is 0 Å². The molecule has 3 nitrogen and oxygen atoms in total. The van der Waals surface area contributed by atoms with E-state index in [2.05, 4.69) is 0 Å². The molecule has 7 heteroatoms. The van der Waals surface area contributed by atoms with Crippen LogP contribution < -0.4 is 5.73 Å². The van der Waals surface area contributed by atoms with Crippen molar-refractivity contribution in [3.05, 3.63) is 34.3 Å². The van der Waals surface area contributed by atoms with Gasteiger partial charge in [0, 0.05) is 17.5 Å². The second kappa shape index (κ2) is 5.58. The third-order valence-corrected chi connectivity index (χ3v) is 2.73. The van der Waals surface area contributed by atoms with Crippen LogP contribution in [0.3, 0.4) is 0 Å². The van der Waals surface area contributed by atoms with Crippen LogP contribution in [0.25, 0.3) is 0 Å². The monoisotopic (exact) mass is 281 g/mol. The summed E-state index contributed by atoms with van der Waals surface area (Å²) in [5.74, 6) is -1.12. The Bertz CT molecular complexity index is 448. The van der Waals surface area contributed by atoms with Crippen molar-refractivity contribution in [1.29, 1.82) is 0 Å². The lowest BCUT2D eigenvalue weighted by Crippen LogP contribution is -2.19. The number of carbonyl (C=O) groups is 1. The number of alkyl halides is 3. The standard InChI is InChI=1S/C11H11ClF3NO2/c12-7-3-1-2-6(11(13,14)15)10(7)8(16)4-5-9(17)18/h1-3,8H,4-5,16H2,(H,17,18). The summed E-state index contributed by atoms with van der Waals surface area (Å²) in [7, 11) is 0. The van der Waals surface area contributed by atoms with E-state index in [1.807, 2.05) is 0 Å². The number of hydrogen-bond acceptors (Lipinski definition) is 2. The van der Waals surface area contributed by atoms with Crippen LogP contribution in [-0.4, -0.2) is 11.1 Å². The Balaban J connectivity index is 3.10. The van der Waals surface area contributed by atoms with E-state index in [1.165, 1.54) is 12.1 Å². The molecule has 100 valence electrons. The fourth-order valence-corrected chi connectivity index (χ4v) is 1.90. The van der Waals surface area contributed by atoms with Crippen molar-refractivity contribution in [3.8, 4) is 0 Å². The van der Waals surface area contributed by atoms with E-state index in [4.69, 9.17) is 22.4 Å². The predicted molar refractivity (Wildman–Crippen MR) is 60.3 cm³/mol. The van der Waals surface area contributed by atoms with Gasteiger partial charge in [-0.15, -0.1) is 0 Å². The summed E-state index contributed by atoms with van der Waals surface area (Å²) in [5.41, 5.74) is 4.41. The fourth-order valence-electron chi connectivity index (χ4n) is 1.58. The number of benzene rings is 1. The van der Waals surface area contributed by atoms with Gasteiger partial charge in [0.25, 0.3) is 0 Å². The quantitative estimate of drug-likeness (QED) is 0.890. The van der Waals surface area contributed by atoms with E-state index >= 15 is 0 Å².